The molecule has 0 atom stereocenters. The average molecular weight is 710 g/mol. The number of hydrogen-bond donors (Lipinski definition) is 0. The highest BCUT2D eigenvalue weighted by molar-refractivity contribution is 9.10. The molecule has 2 aromatic carbocycles. The second-order valence-corrected chi connectivity index (χ2v) is 11.9. The molecule has 0 spiro atoms. The summed E-state index contributed by atoms with van der Waals surface area (Å²) in [5.74, 6) is 2.44. The predicted octanol–water partition coefficient (Wildman–Crippen LogP) is 7.10. The number of pyridine rings is 4. The van der Waals surface area contributed by atoms with Crippen LogP contribution in [0.5, 0.6) is 5.75 Å². The largest absolute Gasteiger partial charge is 0.489 e. The first kappa shape index (κ1) is 29.5. The lowest BCUT2D eigenvalue weighted by Crippen LogP contribution is -2.54. The Morgan fingerprint density at radius 3 is 1.48 bits per heavy atom. The zero-order valence-electron chi connectivity index (χ0n) is 23.8. The molecule has 218 valence electrons. The molecule has 0 saturated carbocycles. The van der Waals surface area contributed by atoms with E-state index in [4.69, 9.17) is 14.7 Å². The fraction of sp³-hybridized carbons (Fsp3) is 0.0857. The predicted molar refractivity (Wildman–Crippen MR) is 178 cm³/mol. The van der Waals surface area contributed by atoms with Crippen LogP contribution in [0.2, 0.25) is 0 Å². The van der Waals surface area contributed by atoms with Crippen molar-refractivity contribution in [1.82, 2.24) is 9.97 Å². The molecule has 0 N–H and O–H groups in total. The first-order valence-corrected chi connectivity index (χ1v) is 15.7. The van der Waals surface area contributed by atoms with Crippen LogP contribution in [0, 0.1) is 0 Å². The van der Waals surface area contributed by atoms with E-state index >= 15 is 0 Å². The third-order valence-electron chi connectivity index (χ3n) is 6.85. The summed E-state index contributed by atoms with van der Waals surface area (Å²) in [5.41, 5.74) is 3.27. The molecule has 0 aliphatic heterocycles. The van der Waals surface area contributed by atoms with Crippen LogP contribution in [0.3, 0.4) is 0 Å². The van der Waals surface area contributed by atoms with Crippen molar-refractivity contribution in [2.24, 2.45) is 0 Å². The maximum atomic E-state index is 6.40. The maximum Gasteiger partial charge on any atom is 0.200 e. The van der Waals surface area contributed by atoms with E-state index in [0.29, 0.717) is 19.7 Å². The van der Waals surface area contributed by atoms with Gasteiger partial charge in [0.15, 0.2) is 36.4 Å². The van der Waals surface area contributed by atoms with Crippen molar-refractivity contribution in [3.05, 3.63) is 172 Å². The Bertz CT molecular complexity index is 1670. The van der Waals surface area contributed by atoms with E-state index in [9.17, 15) is 0 Å². The molecule has 0 radical (unpaired) electrons. The molecule has 4 heterocycles. The zero-order valence-corrected chi connectivity index (χ0v) is 27.0. The van der Waals surface area contributed by atoms with E-state index in [1.807, 2.05) is 125 Å². The van der Waals surface area contributed by atoms with Crippen LogP contribution >= 0.6 is 31.9 Å². The van der Waals surface area contributed by atoms with Gasteiger partial charge in [-0.05, 0) is 84.9 Å². The van der Waals surface area contributed by atoms with Crippen LogP contribution in [0.25, 0.3) is 0 Å². The van der Waals surface area contributed by atoms with Crippen LogP contribution in [0.15, 0.2) is 155 Å². The molecule has 0 bridgehead atoms. The Labute approximate surface area is 273 Å². The van der Waals surface area contributed by atoms with E-state index in [0.717, 1.165) is 43.0 Å². The van der Waals surface area contributed by atoms with Gasteiger partial charge < -0.3 is 4.74 Å². The fourth-order valence-corrected chi connectivity index (χ4v) is 5.25. The third-order valence-corrected chi connectivity index (χ3v) is 7.79. The summed E-state index contributed by atoms with van der Waals surface area (Å²) in [5, 5.41) is 4.26. The normalized spacial score (nSPS) is 10.8. The van der Waals surface area contributed by atoms with E-state index < -0.39 is 0 Å². The van der Waals surface area contributed by atoms with Gasteiger partial charge in [0.2, 0.25) is 0 Å². The topological polar surface area (TPSA) is 49.3 Å². The minimum Gasteiger partial charge on any atom is -0.489 e. The van der Waals surface area contributed by atoms with Crippen LogP contribution in [0.4, 0.5) is 11.6 Å². The van der Waals surface area contributed by atoms with Crippen molar-refractivity contribution < 1.29 is 14.1 Å². The van der Waals surface area contributed by atoms with Crippen molar-refractivity contribution in [2.45, 2.75) is 19.7 Å². The van der Waals surface area contributed by atoms with E-state index in [2.05, 4.69) is 72.2 Å². The van der Waals surface area contributed by atoms with Crippen molar-refractivity contribution in [3.63, 3.8) is 0 Å². The maximum absolute atomic E-state index is 6.40. The molecule has 6 aromatic rings. The van der Waals surface area contributed by atoms with Gasteiger partial charge >= 0.3 is 0 Å². The standard InChI is InChI=1S/C35H30Br2N6O/c36-31-12-14-34(38-23-31)42(40-16-6-2-7-17-40)25-29-20-30(22-33(21-29)44-27-28-10-4-1-5-11-28)26-43(41-18-8-3-9-19-41)35-15-13-32(37)24-39-35/h1-24H,25-27H2/q+2. The highest BCUT2D eigenvalue weighted by Gasteiger charge is 2.22. The molecule has 6 rings (SSSR count). The van der Waals surface area contributed by atoms with E-state index in [1.165, 1.54) is 0 Å². The van der Waals surface area contributed by atoms with Crippen molar-refractivity contribution >= 4 is 43.5 Å². The lowest BCUT2D eigenvalue weighted by molar-refractivity contribution is -0.686. The Kier molecular flexibility index (Phi) is 9.54. The summed E-state index contributed by atoms with van der Waals surface area (Å²) in [6, 6.07) is 36.7. The highest BCUT2D eigenvalue weighted by Crippen LogP contribution is 2.24. The zero-order chi connectivity index (χ0) is 30.1. The molecule has 0 unspecified atom stereocenters. The first-order chi connectivity index (χ1) is 21.6. The van der Waals surface area contributed by atoms with Gasteiger partial charge in [-0.25, -0.2) is 9.97 Å². The summed E-state index contributed by atoms with van der Waals surface area (Å²) in [6.45, 7) is 1.60. The summed E-state index contributed by atoms with van der Waals surface area (Å²) in [6.07, 6.45) is 11.7. The Hall–Kier alpha value is -4.60. The SMILES string of the molecule is Brc1ccc(N(Cc2cc(CN(c3ccc(Br)cn3)[n+]3ccccc3)cc(OCc3ccccc3)c2)[n+]2ccccc2)nc1. The summed E-state index contributed by atoms with van der Waals surface area (Å²) >= 11 is 7.04. The lowest BCUT2D eigenvalue weighted by Gasteiger charge is -2.20. The quantitative estimate of drug-likeness (QED) is 0.135. The number of anilines is 2. The number of nitrogens with zero attached hydrogens (tertiary/aromatic N) is 6. The summed E-state index contributed by atoms with van der Waals surface area (Å²) < 4.78 is 12.3. The van der Waals surface area contributed by atoms with Gasteiger partial charge in [-0.2, -0.15) is 0 Å². The Balaban J connectivity index is 1.38. The van der Waals surface area contributed by atoms with Gasteiger partial charge in [0, 0.05) is 45.6 Å². The average Bonchev–Trinajstić information content (AvgIpc) is 3.07. The number of benzene rings is 2. The fourth-order valence-electron chi connectivity index (χ4n) is 4.79. The van der Waals surface area contributed by atoms with Crippen LogP contribution < -0.4 is 24.1 Å². The van der Waals surface area contributed by atoms with Crippen molar-refractivity contribution in [3.8, 4) is 5.75 Å². The smallest absolute Gasteiger partial charge is 0.200 e. The molecule has 4 aromatic heterocycles. The van der Waals surface area contributed by atoms with Crippen LogP contribution in [0.1, 0.15) is 16.7 Å². The van der Waals surface area contributed by atoms with Gasteiger partial charge in [0.1, 0.15) is 25.4 Å². The van der Waals surface area contributed by atoms with Gasteiger partial charge in [0.05, 0.1) is 0 Å². The number of ether oxygens (including phenoxy) is 1. The van der Waals surface area contributed by atoms with E-state index in [-0.39, 0.29) is 0 Å². The number of rotatable bonds is 11. The number of aromatic nitrogens is 4. The summed E-state index contributed by atoms with van der Waals surface area (Å²) in [7, 11) is 0. The molecule has 44 heavy (non-hydrogen) atoms. The van der Waals surface area contributed by atoms with Crippen LogP contribution in [-0.2, 0) is 19.7 Å². The first-order valence-electron chi connectivity index (χ1n) is 14.1. The van der Waals surface area contributed by atoms with Gasteiger partial charge in [-0.1, -0.05) is 57.9 Å². The number of halogens is 2. The van der Waals surface area contributed by atoms with E-state index in [1.54, 1.807) is 0 Å². The van der Waals surface area contributed by atoms with Crippen molar-refractivity contribution in [1.29, 1.82) is 0 Å². The second-order valence-electron chi connectivity index (χ2n) is 10.1. The molecule has 0 aliphatic carbocycles. The lowest BCUT2D eigenvalue weighted by atomic mass is 10.1. The second kappa shape index (κ2) is 14.2. The summed E-state index contributed by atoms with van der Waals surface area (Å²) in [4.78, 5) is 9.42. The highest BCUT2D eigenvalue weighted by atomic mass is 79.9. The Morgan fingerprint density at radius 2 is 1.02 bits per heavy atom. The molecule has 0 saturated heterocycles. The van der Waals surface area contributed by atoms with Gasteiger partial charge in [-0.15, -0.1) is 10.0 Å². The molecule has 9 heteroatoms. The van der Waals surface area contributed by atoms with Gasteiger partial charge in [-0.3, -0.25) is 0 Å². The Morgan fingerprint density at radius 1 is 0.545 bits per heavy atom. The van der Waals surface area contributed by atoms with Gasteiger partial charge in [0.25, 0.3) is 0 Å². The molecular formula is C35H30Br2N6O+2. The van der Waals surface area contributed by atoms with Crippen LogP contribution in [-0.4, -0.2) is 9.97 Å². The van der Waals surface area contributed by atoms with Crippen molar-refractivity contribution in [2.75, 3.05) is 10.0 Å². The molecule has 0 amide bonds. The molecule has 0 fully saturated rings. The molecule has 7 nitrogen and oxygen atoms in total. The third kappa shape index (κ3) is 7.67. The minimum atomic E-state index is 0.473. The minimum absolute atomic E-state index is 0.473. The molecular weight excluding hydrogens is 680 g/mol. The molecule has 0 aliphatic rings. The monoisotopic (exact) mass is 708 g/mol. The number of hydrogen-bond acceptors (Lipinski definition) is 5.